The van der Waals surface area contributed by atoms with Gasteiger partial charge in [-0.1, -0.05) is 24.3 Å². The van der Waals surface area contributed by atoms with Crippen LogP contribution < -0.4 is 16.4 Å². The number of urea groups is 1. The van der Waals surface area contributed by atoms with E-state index in [2.05, 4.69) is 10.6 Å². The van der Waals surface area contributed by atoms with Crippen LogP contribution in [0.1, 0.15) is 5.56 Å². The second-order valence-corrected chi connectivity index (χ2v) is 4.60. The van der Waals surface area contributed by atoms with E-state index < -0.39 is 0 Å². The highest BCUT2D eigenvalue weighted by Gasteiger charge is 2.06. The molecule has 4 N–H and O–H groups in total. The Kier molecular flexibility index (Phi) is 5.17. The summed E-state index contributed by atoms with van der Waals surface area (Å²) >= 11 is 0. The second-order valence-electron chi connectivity index (χ2n) is 4.60. The smallest absolute Gasteiger partial charge is 0.323 e. The van der Waals surface area contributed by atoms with E-state index in [0.717, 1.165) is 17.7 Å². The molecule has 0 aliphatic rings. The number of carbonyl (C=O) groups excluding carboxylic acids is 1. The lowest BCUT2D eigenvalue weighted by molar-refractivity contribution is 0.202. The number of ether oxygens (including phenoxy) is 1. The fourth-order valence-electron chi connectivity index (χ4n) is 1.97. The highest BCUT2D eigenvalue weighted by molar-refractivity contribution is 6.00. The number of amides is 2. The number of benzene rings is 2. The standard InChI is InChI=1S/C16H19N3O2/c1-21-10-9-12-5-2-3-8-15(12)19-16(20)18-14-7-4-6-13(17)11-14/h2-8,11H,9-10,17H2,1H3,(H2,18,19,20). The van der Waals surface area contributed by atoms with Crippen molar-refractivity contribution in [2.75, 3.05) is 30.1 Å². The van der Waals surface area contributed by atoms with Crippen molar-refractivity contribution in [3.8, 4) is 0 Å². The van der Waals surface area contributed by atoms with Gasteiger partial charge in [-0.15, -0.1) is 0 Å². The molecule has 2 aromatic carbocycles. The van der Waals surface area contributed by atoms with E-state index in [0.29, 0.717) is 18.0 Å². The predicted molar refractivity (Wildman–Crippen MR) is 85.5 cm³/mol. The molecule has 0 saturated heterocycles. The number of para-hydroxylation sites is 1. The van der Waals surface area contributed by atoms with Crippen molar-refractivity contribution >= 4 is 23.1 Å². The molecule has 0 unspecified atom stereocenters. The predicted octanol–water partition coefficient (Wildman–Crippen LogP) is 3.10. The molecule has 2 amide bonds. The van der Waals surface area contributed by atoms with Crippen LogP contribution in [-0.4, -0.2) is 19.7 Å². The van der Waals surface area contributed by atoms with Crippen LogP contribution in [0.25, 0.3) is 0 Å². The lowest BCUT2D eigenvalue weighted by Crippen LogP contribution is -2.20. The first kappa shape index (κ1) is 14.9. The Morgan fingerprint density at radius 2 is 1.95 bits per heavy atom. The lowest BCUT2D eigenvalue weighted by Gasteiger charge is -2.12. The summed E-state index contributed by atoms with van der Waals surface area (Å²) in [7, 11) is 1.66. The molecule has 0 fully saturated rings. The molecule has 110 valence electrons. The number of nitrogens with one attached hydrogen (secondary N) is 2. The normalized spacial score (nSPS) is 10.1. The van der Waals surface area contributed by atoms with Gasteiger partial charge in [0.05, 0.1) is 6.61 Å². The Balaban J connectivity index is 2.02. The topological polar surface area (TPSA) is 76.4 Å². The molecule has 0 saturated carbocycles. The maximum absolute atomic E-state index is 12.0. The third kappa shape index (κ3) is 4.50. The zero-order valence-corrected chi connectivity index (χ0v) is 11.9. The van der Waals surface area contributed by atoms with Gasteiger partial charge in [-0.05, 0) is 36.2 Å². The fraction of sp³-hybridized carbons (Fsp3) is 0.188. The number of carbonyl (C=O) groups is 1. The van der Waals surface area contributed by atoms with E-state index in [1.165, 1.54) is 0 Å². The highest BCUT2D eigenvalue weighted by atomic mass is 16.5. The summed E-state index contributed by atoms with van der Waals surface area (Å²) in [6.07, 6.45) is 0.741. The van der Waals surface area contributed by atoms with Crippen molar-refractivity contribution in [3.05, 3.63) is 54.1 Å². The van der Waals surface area contributed by atoms with Crippen LogP contribution in [0.15, 0.2) is 48.5 Å². The number of nitrogen functional groups attached to an aromatic ring is 1. The third-order valence-electron chi connectivity index (χ3n) is 2.99. The molecule has 0 bridgehead atoms. The SMILES string of the molecule is COCCc1ccccc1NC(=O)Nc1cccc(N)c1. The van der Waals surface area contributed by atoms with E-state index in [-0.39, 0.29) is 6.03 Å². The van der Waals surface area contributed by atoms with E-state index in [1.807, 2.05) is 24.3 Å². The first-order chi connectivity index (χ1) is 10.2. The molecule has 0 spiro atoms. The third-order valence-corrected chi connectivity index (χ3v) is 2.99. The zero-order chi connectivity index (χ0) is 15.1. The largest absolute Gasteiger partial charge is 0.399 e. The molecule has 0 radical (unpaired) electrons. The number of hydrogen-bond acceptors (Lipinski definition) is 3. The molecule has 0 atom stereocenters. The Morgan fingerprint density at radius 1 is 1.14 bits per heavy atom. The molecular weight excluding hydrogens is 266 g/mol. The minimum absolute atomic E-state index is 0.300. The summed E-state index contributed by atoms with van der Waals surface area (Å²) in [6, 6.07) is 14.4. The first-order valence-corrected chi connectivity index (χ1v) is 6.69. The number of anilines is 3. The van der Waals surface area contributed by atoms with Crippen LogP contribution in [0, 0.1) is 0 Å². The van der Waals surface area contributed by atoms with Crippen LogP contribution in [0.4, 0.5) is 21.9 Å². The number of nitrogens with two attached hydrogens (primary N) is 1. The van der Waals surface area contributed by atoms with Gasteiger partial charge in [0.15, 0.2) is 0 Å². The van der Waals surface area contributed by atoms with E-state index in [9.17, 15) is 4.79 Å². The highest BCUT2D eigenvalue weighted by Crippen LogP contribution is 2.17. The molecule has 5 nitrogen and oxygen atoms in total. The van der Waals surface area contributed by atoms with Gasteiger partial charge in [-0.25, -0.2) is 4.79 Å². The maximum atomic E-state index is 12.0. The second kappa shape index (κ2) is 7.31. The van der Waals surface area contributed by atoms with Gasteiger partial charge in [0, 0.05) is 24.2 Å². The number of rotatable bonds is 5. The molecule has 21 heavy (non-hydrogen) atoms. The molecule has 2 aromatic rings. The fourth-order valence-corrected chi connectivity index (χ4v) is 1.97. The maximum Gasteiger partial charge on any atom is 0.323 e. The summed E-state index contributed by atoms with van der Waals surface area (Å²) in [5.41, 5.74) is 8.74. The molecule has 0 aliphatic carbocycles. The average molecular weight is 285 g/mol. The molecule has 2 rings (SSSR count). The van der Waals surface area contributed by atoms with Gasteiger partial charge < -0.3 is 21.1 Å². The molecule has 0 aromatic heterocycles. The minimum atomic E-state index is -0.300. The molecule has 0 aliphatic heterocycles. The van der Waals surface area contributed by atoms with Gasteiger partial charge in [-0.3, -0.25) is 0 Å². The summed E-state index contributed by atoms with van der Waals surface area (Å²) in [5.74, 6) is 0. The lowest BCUT2D eigenvalue weighted by atomic mass is 10.1. The molecular formula is C16H19N3O2. The minimum Gasteiger partial charge on any atom is -0.399 e. The van der Waals surface area contributed by atoms with Crippen molar-refractivity contribution in [2.45, 2.75) is 6.42 Å². The summed E-state index contributed by atoms with van der Waals surface area (Å²) in [6.45, 7) is 0.607. The Labute approximate surface area is 124 Å². The Morgan fingerprint density at radius 3 is 2.71 bits per heavy atom. The quantitative estimate of drug-likeness (QED) is 0.739. The Hall–Kier alpha value is -2.53. The monoisotopic (exact) mass is 285 g/mol. The van der Waals surface area contributed by atoms with Crippen molar-refractivity contribution in [1.29, 1.82) is 0 Å². The van der Waals surface area contributed by atoms with Gasteiger partial charge in [0.1, 0.15) is 0 Å². The van der Waals surface area contributed by atoms with Crippen LogP contribution in [-0.2, 0) is 11.2 Å². The van der Waals surface area contributed by atoms with Gasteiger partial charge in [0.25, 0.3) is 0 Å². The zero-order valence-electron chi connectivity index (χ0n) is 11.9. The van der Waals surface area contributed by atoms with Crippen molar-refractivity contribution in [3.63, 3.8) is 0 Å². The van der Waals surface area contributed by atoms with E-state index in [4.69, 9.17) is 10.5 Å². The number of hydrogen-bond donors (Lipinski definition) is 3. The average Bonchev–Trinajstić information content (AvgIpc) is 2.46. The summed E-state index contributed by atoms with van der Waals surface area (Å²) < 4.78 is 5.07. The van der Waals surface area contributed by atoms with Gasteiger partial charge in [-0.2, -0.15) is 0 Å². The van der Waals surface area contributed by atoms with Crippen molar-refractivity contribution < 1.29 is 9.53 Å². The summed E-state index contributed by atoms with van der Waals surface area (Å²) in [4.78, 5) is 12.0. The van der Waals surface area contributed by atoms with Crippen molar-refractivity contribution in [1.82, 2.24) is 0 Å². The molecule has 0 heterocycles. The van der Waals surface area contributed by atoms with E-state index >= 15 is 0 Å². The van der Waals surface area contributed by atoms with Crippen LogP contribution in [0.3, 0.4) is 0 Å². The summed E-state index contributed by atoms with van der Waals surface area (Å²) in [5, 5.41) is 5.59. The molecule has 5 heteroatoms. The van der Waals surface area contributed by atoms with Gasteiger partial charge >= 0.3 is 6.03 Å². The van der Waals surface area contributed by atoms with E-state index in [1.54, 1.807) is 31.4 Å². The van der Waals surface area contributed by atoms with Crippen LogP contribution in [0.5, 0.6) is 0 Å². The number of methoxy groups -OCH3 is 1. The van der Waals surface area contributed by atoms with Crippen molar-refractivity contribution in [2.24, 2.45) is 0 Å². The van der Waals surface area contributed by atoms with Crippen LogP contribution >= 0.6 is 0 Å². The van der Waals surface area contributed by atoms with Crippen LogP contribution in [0.2, 0.25) is 0 Å². The first-order valence-electron chi connectivity index (χ1n) is 6.69. The Bertz CT molecular complexity index is 614. The van der Waals surface area contributed by atoms with Gasteiger partial charge in [0.2, 0.25) is 0 Å².